The lowest BCUT2D eigenvalue weighted by Crippen LogP contribution is -2.20. The highest BCUT2D eigenvalue weighted by Gasteiger charge is 2.23. The summed E-state index contributed by atoms with van der Waals surface area (Å²) in [6, 6.07) is 2.20. The zero-order valence-corrected chi connectivity index (χ0v) is 11.3. The molecule has 1 heterocycles. The third kappa shape index (κ3) is 3.86. The van der Waals surface area contributed by atoms with Crippen molar-refractivity contribution in [2.45, 2.75) is 39.8 Å². The van der Waals surface area contributed by atoms with Crippen LogP contribution in [0.2, 0.25) is 0 Å². The second-order valence-electron chi connectivity index (χ2n) is 5.21. The van der Waals surface area contributed by atoms with Gasteiger partial charge in [-0.1, -0.05) is 6.92 Å². The first kappa shape index (κ1) is 12.7. The van der Waals surface area contributed by atoms with Gasteiger partial charge in [0, 0.05) is 18.7 Å². The van der Waals surface area contributed by atoms with E-state index in [0.29, 0.717) is 0 Å². The van der Waals surface area contributed by atoms with Crippen LogP contribution in [-0.4, -0.2) is 25.0 Å². The largest absolute Gasteiger partial charge is 0.465 e. The minimum atomic E-state index is 0.837. The van der Waals surface area contributed by atoms with Crippen LogP contribution < -0.4 is 5.32 Å². The zero-order chi connectivity index (χ0) is 12.3. The van der Waals surface area contributed by atoms with Crippen LogP contribution >= 0.6 is 0 Å². The Hall–Kier alpha value is -0.800. The van der Waals surface area contributed by atoms with E-state index >= 15 is 0 Å². The quantitative estimate of drug-likeness (QED) is 0.788. The molecule has 1 aliphatic rings. The first-order chi connectivity index (χ1) is 8.19. The van der Waals surface area contributed by atoms with Crippen LogP contribution in [0, 0.1) is 12.8 Å². The summed E-state index contributed by atoms with van der Waals surface area (Å²) in [5.41, 5.74) is 1.33. The van der Waals surface area contributed by atoms with Crippen molar-refractivity contribution in [3.63, 3.8) is 0 Å². The number of hydrogen-bond donors (Lipinski definition) is 1. The van der Waals surface area contributed by atoms with Crippen LogP contribution in [0.1, 0.15) is 36.8 Å². The molecule has 1 fully saturated rings. The molecule has 1 N–H and O–H groups in total. The smallest absolute Gasteiger partial charge is 0.118 e. The Morgan fingerprint density at radius 2 is 2.24 bits per heavy atom. The van der Waals surface area contributed by atoms with Crippen molar-refractivity contribution in [2.24, 2.45) is 5.92 Å². The normalized spacial score (nSPS) is 15.8. The summed E-state index contributed by atoms with van der Waals surface area (Å²) in [6.07, 6.45) is 2.83. The van der Waals surface area contributed by atoms with E-state index in [9.17, 15) is 0 Å². The third-order valence-corrected chi connectivity index (χ3v) is 3.33. The molecule has 0 aromatic carbocycles. The van der Waals surface area contributed by atoms with Gasteiger partial charge in [-0.2, -0.15) is 0 Å². The van der Waals surface area contributed by atoms with Gasteiger partial charge in [-0.3, -0.25) is 0 Å². The van der Waals surface area contributed by atoms with Crippen molar-refractivity contribution in [1.29, 1.82) is 0 Å². The lowest BCUT2D eigenvalue weighted by atomic mass is 10.2. The summed E-state index contributed by atoms with van der Waals surface area (Å²) in [5, 5.41) is 3.29. The molecule has 0 unspecified atom stereocenters. The van der Waals surface area contributed by atoms with E-state index in [1.807, 2.05) is 0 Å². The first-order valence-corrected chi connectivity index (χ1v) is 6.66. The topological polar surface area (TPSA) is 28.4 Å². The second kappa shape index (κ2) is 5.69. The predicted molar refractivity (Wildman–Crippen MR) is 69.9 cm³/mol. The van der Waals surface area contributed by atoms with Crippen molar-refractivity contribution in [1.82, 2.24) is 10.2 Å². The van der Waals surface area contributed by atoms with E-state index < -0.39 is 0 Å². The van der Waals surface area contributed by atoms with Crippen LogP contribution in [0.25, 0.3) is 0 Å². The maximum Gasteiger partial charge on any atom is 0.118 e. The van der Waals surface area contributed by atoms with Gasteiger partial charge in [0.25, 0.3) is 0 Å². The van der Waals surface area contributed by atoms with Gasteiger partial charge in [0.05, 0.1) is 6.54 Å². The minimum absolute atomic E-state index is 0.837. The van der Waals surface area contributed by atoms with Gasteiger partial charge in [-0.05, 0) is 45.3 Å². The number of furan rings is 1. The average Bonchev–Trinajstić information content (AvgIpc) is 3.01. The molecule has 0 amide bonds. The molecule has 0 saturated heterocycles. The summed E-state index contributed by atoms with van der Waals surface area (Å²) in [5.74, 6) is 3.08. The van der Waals surface area contributed by atoms with E-state index in [1.165, 1.54) is 24.9 Å². The molecule has 0 bridgehead atoms. The number of aryl methyl sites for hydroxylation is 1. The number of nitrogens with one attached hydrogen (secondary N) is 1. The molecule has 1 aromatic heterocycles. The van der Waals surface area contributed by atoms with Crippen LogP contribution in [0.4, 0.5) is 0 Å². The maximum atomic E-state index is 5.75. The van der Waals surface area contributed by atoms with Gasteiger partial charge < -0.3 is 14.6 Å². The molecular formula is C14H24N2O. The monoisotopic (exact) mass is 236 g/mol. The molecule has 96 valence electrons. The maximum absolute atomic E-state index is 5.75. The third-order valence-electron chi connectivity index (χ3n) is 3.33. The summed E-state index contributed by atoms with van der Waals surface area (Å²) in [7, 11) is 2.20. The van der Waals surface area contributed by atoms with E-state index in [-0.39, 0.29) is 0 Å². The molecular weight excluding hydrogens is 212 g/mol. The zero-order valence-electron chi connectivity index (χ0n) is 11.3. The van der Waals surface area contributed by atoms with Gasteiger partial charge in [0.15, 0.2) is 0 Å². The Labute approximate surface area is 104 Å². The molecule has 0 radical (unpaired) electrons. The number of rotatable bonds is 7. The van der Waals surface area contributed by atoms with Crippen LogP contribution in [0.3, 0.4) is 0 Å². The van der Waals surface area contributed by atoms with Crippen molar-refractivity contribution in [3.05, 3.63) is 23.2 Å². The van der Waals surface area contributed by atoms with E-state index in [0.717, 1.165) is 37.1 Å². The average molecular weight is 236 g/mol. The van der Waals surface area contributed by atoms with Gasteiger partial charge in [-0.15, -0.1) is 0 Å². The second-order valence-corrected chi connectivity index (χ2v) is 5.21. The summed E-state index contributed by atoms with van der Waals surface area (Å²) in [4.78, 5) is 2.41. The Kier molecular flexibility index (Phi) is 4.24. The summed E-state index contributed by atoms with van der Waals surface area (Å²) < 4.78 is 5.75. The molecule has 0 atom stereocenters. The highest BCUT2D eigenvalue weighted by atomic mass is 16.3. The van der Waals surface area contributed by atoms with Gasteiger partial charge in [0.2, 0.25) is 0 Å². The Morgan fingerprint density at radius 1 is 1.47 bits per heavy atom. The fourth-order valence-electron chi connectivity index (χ4n) is 2.18. The van der Waals surface area contributed by atoms with Gasteiger partial charge >= 0.3 is 0 Å². The molecule has 1 aromatic rings. The number of hydrogen-bond acceptors (Lipinski definition) is 3. The number of nitrogens with zero attached hydrogens (tertiary/aromatic N) is 1. The Morgan fingerprint density at radius 3 is 2.88 bits per heavy atom. The van der Waals surface area contributed by atoms with Crippen molar-refractivity contribution >= 4 is 0 Å². The van der Waals surface area contributed by atoms with Crippen molar-refractivity contribution in [2.75, 3.05) is 20.1 Å². The Balaban J connectivity index is 1.87. The summed E-state index contributed by atoms with van der Waals surface area (Å²) in [6.45, 7) is 8.24. The summed E-state index contributed by atoms with van der Waals surface area (Å²) >= 11 is 0. The highest BCUT2D eigenvalue weighted by Crippen LogP contribution is 2.30. The molecule has 0 spiro atoms. The Bertz CT molecular complexity index is 355. The van der Waals surface area contributed by atoms with Crippen LogP contribution in [0.15, 0.2) is 10.5 Å². The highest BCUT2D eigenvalue weighted by molar-refractivity contribution is 5.20. The van der Waals surface area contributed by atoms with E-state index in [1.54, 1.807) is 0 Å². The van der Waals surface area contributed by atoms with Gasteiger partial charge in [0.1, 0.15) is 11.5 Å². The minimum Gasteiger partial charge on any atom is -0.465 e. The fourth-order valence-corrected chi connectivity index (χ4v) is 2.18. The van der Waals surface area contributed by atoms with Crippen LogP contribution in [-0.2, 0) is 13.1 Å². The molecule has 3 nitrogen and oxygen atoms in total. The lowest BCUT2D eigenvalue weighted by Gasteiger charge is -2.15. The van der Waals surface area contributed by atoms with Crippen molar-refractivity contribution in [3.8, 4) is 0 Å². The molecule has 1 aliphatic carbocycles. The molecule has 0 aliphatic heterocycles. The van der Waals surface area contributed by atoms with E-state index in [2.05, 4.69) is 37.2 Å². The van der Waals surface area contributed by atoms with Crippen LogP contribution in [0.5, 0.6) is 0 Å². The van der Waals surface area contributed by atoms with Gasteiger partial charge in [-0.25, -0.2) is 0 Å². The SMILES string of the molecule is CCNCc1cc(CN(C)CC2CC2)c(C)o1. The lowest BCUT2D eigenvalue weighted by molar-refractivity contribution is 0.310. The van der Waals surface area contributed by atoms with Crippen molar-refractivity contribution < 1.29 is 4.42 Å². The standard InChI is InChI=1S/C14H24N2O/c1-4-15-8-14-7-13(11(2)17-14)10-16(3)9-12-5-6-12/h7,12,15H,4-6,8-10H2,1-3H3. The first-order valence-electron chi connectivity index (χ1n) is 6.66. The molecule has 1 saturated carbocycles. The van der Waals surface area contributed by atoms with E-state index in [4.69, 9.17) is 4.42 Å². The molecule has 3 heteroatoms. The fraction of sp³-hybridized carbons (Fsp3) is 0.714. The predicted octanol–water partition coefficient (Wildman–Crippen LogP) is 2.54. The molecule has 2 rings (SSSR count). The molecule has 17 heavy (non-hydrogen) atoms.